The van der Waals surface area contributed by atoms with Gasteiger partial charge in [-0.3, -0.25) is 0 Å². The molecule has 0 saturated heterocycles. The molecule has 0 saturated carbocycles. The minimum absolute atomic E-state index is 0.910. The maximum Gasteiger partial charge on any atom is 0.143 e. The van der Waals surface area contributed by atoms with Crippen LogP contribution in [0.15, 0.2) is 174 Å². The highest BCUT2D eigenvalue weighted by Crippen LogP contribution is 2.47. The second kappa shape index (κ2) is 9.94. The second-order valence-corrected chi connectivity index (χ2v) is 14.0. The predicted molar refractivity (Wildman–Crippen MR) is 218 cm³/mol. The van der Waals surface area contributed by atoms with E-state index in [1.165, 1.54) is 92.1 Å². The highest BCUT2D eigenvalue weighted by atomic mass is 16.3. The topological polar surface area (TPSA) is 13.1 Å². The van der Waals surface area contributed by atoms with Crippen LogP contribution < -0.4 is 0 Å². The van der Waals surface area contributed by atoms with E-state index in [0.29, 0.717) is 0 Å². The van der Waals surface area contributed by atoms with E-state index in [0.717, 1.165) is 27.5 Å². The lowest BCUT2D eigenvalue weighted by atomic mass is 9.87. The molecule has 0 amide bonds. The SMILES string of the molecule is c1ccc2cc3c(cc2c1)oc1c(-c2cc4c5ccccc5ccc4c4ccccc24)cc(-c2ccc4ccc5cccc6ccc2c4c56)cc13. The Labute approximate surface area is 292 Å². The molecule has 0 N–H and O–H groups in total. The van der Waals surface area contributed by atoms with Gasteiger partial charge in [-0.15, -0.1) is 0 Å². The highest BCUT2D eigenvalue weighted by Gasteiger charge is 2.21. The van der Waals surface area contributed by atoms with Crippen LogP contribution in [0.4, 0.5) is 0 Å². The first kappa shape index (κ1) is 27.2. The van der Waals surface area contributed by atoms with Crippen LogP contribution in [0, 0.1) is 0 Å². The Morgan fingerprint density at radius 2 is 0.882 bits per heavy atom. The van der Waals surface area contributed by atoms with Crippen molar-refractivity contribution in [1.29, 1.82) is 0 Å². The van der Waals surface area contributed by atoms with Gasteiger partial charge in [0.15, 0.2) is 0 Å². The predicted octanol–water partition coefficient (Wildman–Crippen LogP) is 14.4. The second-order valence-electron chi connectivity index (χ2n) is 14.0. The van der Waals surface area contributed by atoms with Gasteiger partial charge in [-0.1, -0.05) is 140 Å². The van der Waals surface area contributed by atoms with Gasteiger partial charge in [0.1, 0.15) is 11.2 Å². The fourth-order valence-corrected chi connectivity index (χ4v) is 8.99. The first-order valence-electron chi connectivity index (χ1n) is 17.7. The van der Waals surface area contributed by atoms with Gasteiger partial charge in [0.05, 0.1) is 0 Å². The molecule has 0 aliphatic rings. The molecule has 0 unspecified atom stereocenters. The van der Waals surface area contributed by atoms with Gasteiger partial charge in [0.25, 0.3) is 0 Å². The number of fused-ring (bicyclic) bond motifs is 9. The van der Waals surface area contributed by atoms with Gasteiger partial charge in [0.2, 0.25) is 0 Å². The highest BCUT2D eigenvalue weighted by molar-refractivity contribution is 6.27. The smallest absolute Gasteiger partial charge is 0.143 e. The Kier molecular flexibility index (Phi) is 5.29. The van der Waals surface area contributed by atoms with Crippen molar-refractivity contribution in [3.8, 4) is 22.3 Å². The van der Waals surface area contributed by atoms with E-state index in [-0.39, 0.29) is 0 Å². The standard InChI is InChI=1S/C50H28O/c1-2-10-34-27-47-44(24-33(34)9-1)46-26-35(37-21-19-32-17-16-30-11-7-12-31-20-23-41(37)49(32)48(30)31)25-45(50(46)51-47)43-28-42-36-13-4-3-8-29(36)18-22-40(42)38-14-5-6-15-39(38)43/h1-28H. The Balaban J connectivity index is 1.25. The summed E-state index contributed by atoms with van der Waals surface area (Å²) in [5, 5.41) is 19.9. The maximum atomic E-state index is 6.97. The molecule has 1 heterocycles. The third-order valence-electron chi connectivity index (χ3n) is 11.3. The molecular weight excluding hydrogens is 617 g/mol. The van der Waals surface area contributed by atoms with E-state index in [1.807, 2.05) is 0 Å². The molecular formula is C50H28O. The minimum atomic E-state index is 0.910. The van der Waals surface area contributed by atoms with Crippen LogP contribution >= 0.6 is 0 Å². The largest absolute Gasteiger partial charge is 0.455 e. The molecule has 12 aromatic rings. The molecule has 0 fully saturated rings. The van der Waals surface area contributed by atoms with Gasteiger partial charge < -0.3 is 4.42 Å². The summed E-state index contributed by atoms with van der Waals surface area (Å²) in [6, 6.07) is 62.7. The molecule has 12 rings (SSSR count). The number of hydrogen-bond donors (Lipinski definition) is 0. The zero-order valence-electron chi connectivity index (χ0n) is 27.6. The van der Waals surface area contributed by atoms with Gasteiger partial charge in [-0.25, -0.2) is 0 Å². The monoisotopic (exact) mass is 644 g/mol. The lowest BCUT2D eigenvalue weighted by Gasteiger charge is -2.16. The number of benzene rings is 11. The van der Waals surface area contributed by atoms with E-state index < -0.39 is 0 Å². The molecule has 1 aromatic heterocycles. The van der Waals surface area contributed by atoms with Crippen molar-refractivity contribution < 1.29 is 4.42 Å². The van der Waals surface area contributed by atoms with Crippen molar-refractivity contribution in [3.05, 3.63) is 170 Å². The molecule has 0 aliphatic carbocycles. The summed E-state index contributed by atoms with van der Waals surface area (Å²) in [6.45, 7) is 0. The molecule has 0 bridgehead atoms. The van der Waals surface area contributed by atoms with Gasteiger partial charge in [0, 0.05) is 16.3 Å². The lowest BCUT2D eigenvalue weighted by Crippen LogP contribution is -1.90. The number of furan rings is 1. The van der Waals surface area contributed by atoms with Crippen LogP contribution in [0.5, 0.6) is 0 Å². The molecule has 0 spiro atoms. The van der Waals surface area contributed by atoms with Crippen molar-refractivity contribution in [1.82, 2.24) is 0 Å². The normalized spacial score (nSPS) is 12.3. The van der Waals surface area contributed by atoms with Crippen LogP contribution in [0.2, 0.25) is 0 Å². The molecule has 11 aromatic carbocycles. The van der Waals surface area contributed by atoms with Crippen LogP contribution in [-0.2, 0) is 0 Å². The Bertz CT molecular complexity index is 3400. The Morgan fingerprint density at radius 3 is 1.73 bits per heavy atom. The van der Waals surface area contributed by atoms with Crippen molar-refractivity contribution in [2.45, 2.75) is 0 Å². The van der Waals surface area contributed by atoms with Crippen molar-refractivity contribution >= 4 is 97.3 Å². The van der Waals surface area contributed by atoms with Crippen LogP contribution in [0.25, 0.3) is 120 Å². The fourth-order valence-electron chi connectivity index (χ4n) is 8.99. The van der Waals surface area contributed by atoms with Crippen LogP contribution in [-0.4, -0.2) is 0 Å². The molecule has 0 atom stereocenters. The molecule has 234 valence electrons. The summed E-state index contributed by atoms with van der Waals surface area (Å²) >= 11 is 0. The van der Waals surface area contributed by atoms with E-state index in [1.54, 1.807) is 0 Å². The summed E-state index contributed by atoms with van der Waals surface area (Å²) in [5.41, 5.74) is 6.55. The van der Waals surface area contributed by atoms with Crippen molar-refractivity contribution in [3.63, 3.8) is 0 Å². The van der Waals surface area contributed by atoms with Crippen LogP contribution in [0.1, 0.15) is 0 Å². The number of hydrogen-bond acceptors (Lipinski definition) is 1. The maximum absolute atomic E-state index is 6.97. The average Bonchev–Trinajstić information content (AvgIpc) is 3.55. The fraction of sp³-hybridized carbons (Fsp3) is 0. The zero-order valence-corrected chi connectivity index (χ0v) is 27.6. The van der Waals surface area contributed by atoms with Crippen LogP contribution in [0.3, 0.4) is 0 Å². The summed E-state index contributed by atoms with van der Waals surface area (Å²) in [5.74, 6) is 0. The lowest BCUT2D eigenvalue weighted by molar-refractivity contribution is 0.670. The van der Waals surface area contributed by atoms with Crippen molar-refractivity contribution in [2.24, 2.45) is 0 Å². The van der Waals surface area contributed by atoms with E-state index >= 15 is 0 Å². The molecule has 51 heavy (non-hydrogen) atoms. The third kappa shape index (κ3) is 3.75. The minimum Gasteiger partial charge on any atom is -0.455 e. The van der Waals surface area contributed by atoms with Gasteiger partial charge in [-0.05, 0) is 122 Å². The third-order valence-corrected chi connectivity index (χ3v) is 11.3. The summed E-state index contributed by atoms with van der Waals surface area (Å²) in [6.07, 6.45) is 0. The quantitative estimate of drug-likeness (QED) is 0.171. The van der Waals surface area contributed by atoms with Crippen molar-refractivity contribution in [2.75, 3.05) is 0 Å². The summed E-state index contributed by atoms with van der Waals surface area (Å²) in [4.78, 5) is 0. The van der Waals surface area contributed by atoms with E-state index in [4.69, 9.17) is 4.42 Å². The van der Waals surface area contributed by atoms with Gasteiger partial charge in [-0.2, -0.15) is 0 Å². The Hall–Kier alpha value is -6.70. The van der Waals surface area contributed by atoms with Gasteiger partial charge >= 0.3 is 0 Å². The Morgan fingerprint density at radius 1 is 0.275 bits per heavy atom. The molecule has 1 nitrogen and oxygen atoms in total. The summed E-state index contributed by atoms with van der Waals surface area (Å²) < 4.78 is 6.97. The number of rotatable bonds is 2. The molecule has 1 heteroatoms. The van der Waals surface area contributed by atoms with E-state index in [2.05, 4.69) is 170 Å². The first-order chi connectivity index (χ1) is 25.3. The summed E-state index contributed by atoms with van der Waals surface area (Å²) in [7, 11) is 0. The van der Waals surface area contributed by atoms with E-state index in [9.17, 15) is 0 Å². The average molecular weight is 645 g/mol. The zero-order chi connectivity index (χ0) is 33.2. The molecule has 0 aliphatic heterocycles. The first-order valence-corrected chi connectivity index (χ1v) is 17.7. The molecule has 0 radical (unpaired) electrons.